The number of hydrogen-bond acceptors (Lipinski definition) is 5. The Balaban J connectivity index is 2.02. The Morgan fingerprint density at radius 2 is 2.20 bits per heavy atom. The summed E-state index contributed by atoms with van der Waals surface area (Å²) in [5, 5.41) is 3.23. The van der Waals surface area contributed by atoms with E-state index >= 15 is 0 Å². The summed E-state index contributed by atoms with van der Waals surface area (Å²) in [6.45, 7) is 3.14. The summed E-state index contributed by atoms with van der Waals surface area (Å²) in [6.07, 6.45) is 3.58. The van der Waals surface area contributed by atoms with Crippen LogP contribution in [-0.4, -0.2) is 33.4 Å². The van der Waals surface area contributed by atoms with E-state index in [1.54, 1.807) is 19.1 Å². The highest BCUT2D eigenvalue weighted by atomic mass is 32.2. The van der Waals surface area contributed by atoms with E-state index in [0.717, 1.165) is 25.1 Å². The minimum absolute atomic E-state index is 0.0785. The molecule has 0 amide bonds. The van der Waals surface area contributed by atoms with Crippen molar-refractivity contribution in [2.45, 2.75) is 37.2 Å². The van der Waals surface area contributed by atoms with Gasteiger partial charge in [-0.15, -0.1) is 0 Å². The second-order valence-corrected chi connectivity index (χ2v) is 7.30. The molecular weight excluding hydrogens is 276 g/mol. The fourth-order valence-corrected chi connectivity index (χ4v) is 3.17. The van der Waals surface area contributed by atoms with Gasteiger partial charge in [0.25, 0.3) is 0 Å². The number of sulfone groups is 1. The minimum Gasteiger partial charge on any atom is -0.397 e. The van der Waals surface area contributed by atoms with Gasteiger partial charge in [0, 0.05) is 13.2 Å². The van der Waals surface area contributed by atoms with Crippen LogP contribution < -0.4 is 11.1 Å². The van der Waals surface area contributed by atoms with Crippen LogP contribution >= 0.6 is 0 Å². The molecule has 0 aromatic heterocycles. The van der Waals surface area contributed by atoms with Gasteiger partial charge in [-0.25, -0.2) is 8.42 Å². The van der Waals surface area contributed by atoms with Crippen molar-refractivity contribution in [3.8, 4) is 0 Å². The zero-order valence-corrected chi connectivity index (χ0v) is 12.6. The standard InChI is InChI=1S/C14H22N2O3S/c1-2-20(17,18)12-6-7-14(13(15)9-12)16-10-11-5-3-4-8-19-11/h6-7,9,11,16H,2-5,8,10,15H2,1H3. The number of nitrogens with two attached hydrogens (primary N) is 1. The van der Waals surface area contributed by atoms with Crippen LogP contribution in [-0.2, 0) is 14.6 Å². The molecule has 1 atom stereocenters. The van der Waals surface area contributed by atoms with Crippen molar-refractivity contribution in [3.05, 3.63) is 18.2 Å². The molecule has 1 aromatic rings. The summed E-state index contributed by atoms with van der Waals surface area (Å²) in [6, 6.07) is 4.84. The molecule has 1 heterocycles. The number of ether oxygens (including phenoxy) is 1. The zero-order valence-electron chi connectivity index (χ0n) is 11.8. The lowest BCUT2D eigenvalue weighted by atomic mass is 10.1. The van der Waals surface area contributed by atoms with Crippen molar-refractivity contribution < 1.29 is 13.2 Å². The topological polar surface area (TPSA) is 81.4 Å². The zero-order chi connectivity index (χ0) is 14.6. The van der Waals surface area contributed by atoms with E-state index in [2.05, 4.69) is 5.32 Å². The summed E-state index contributed by atoms with van der Waals surface area (Å²) in [5.41, 5.74) is 7.13. The van der Waals surface area contributed by atoms with Crippen LogP contribution in [0.4, 0.5) is 11.4 Å². The maximum atomic E-state index is 11.8. The molecule has 0 spiro atoms. The molecule has 0 aliphatic carbocycles. The first-order chi connectivity index (χ1) is 9.53. The predicted octanol–water partition coefficient (Wildman–Crippen LogP) is 2.04. The van der Waals surface area contributed by atoms with Gasteiger partial charge < -0.3 is 15.8 Å². The van der Waals surface area contributed by atoms with Crippen molar-refractivity contribution in [3.63, 3.8) is 0 Å². The number of hydrogen-bond donors (Lipinski definition) is 2. The van der Waals surface area contributed by atoms with Crippen molar-refractivity contribution in [1.82, 2.24) is 0 Å². The minimum atomic E-state index is -3.21. The molecule has 0 radical (unpaired) electrons. The molecule has 1 aromatic carbocycles. The van der Waals surface area contributed by atoms with Crippen LogP contribution in [0.3, 0.4) is 0 Å². The highest BCUT2D eigenvalue weighted by Gasteiger charge is 2.15. The van der Waals surface area contributed by atoms with Crippen LogP contribution in [0.25, 0.3) is 0 Å². The van der Waals surface area contributed by atoms with Crippen LogP contribution in [0.1, 0.15) is 26.2 Å². The Hall–Kier alpha value is -1.27. The van der Waals surface area contributed by atoms with E-state index in [1.165, 1.54) is 12.5 Å². The Labute approximate surface area is 120 Å². The Bertz CT molecular complexity index is 552. The number of benzene rings is 1. The van der Waals surface area contributed by atoms with Crippen molar-refractivity contribution in [2.24, 2.45) is 0 Å². The summed E-state index contributed by atoms with van der Waals surface area (Å²) in [7, 11) is -3.21. The third-order valence-electron chi connectivity index (χ3n) is 3.56. The molecule has 1 saturated heterocycles. The van der Waals surface area contributed by atoms with Crippen molar-refractivity contribution in [2.75, 3.05) is 30.0 Å². The Morgan fingerprint density at radius 3 is 2.80 bits per heavy atom. The third-order valence-corrected chi connectivity index (χ3v) is 5.29. The second kappa shape index (κ2) is 6.45. The van der Waals surface area contributed by atoms with Crippen LogP contribution in [0, 0.1) is 0 Å². The summed E-state index contributed by atoms with van der Waals surface area (Å²) >= 11 is 0. The third kappa shape index (κ3) is 3.64. The van der Waals surface area contributed by atoms with Gasteiger partial charge in [-0.1, -0.05) is 6.92 Å². The molecule has 1 fully saturated rings. The first-order valence-corrected chi connectivity index (χ1v) is 8.66. The van der Waals surface area contributed by atoms with Gasteiger partial charge in [-0.05, 0) is 37.5 Å². The van der Waals surface area contributed by atoms with Crippen LogP contribution in [0.15, 0.2) is 23.1 Å². The van der Waals surface area contributed by atoms with E-state index in [4.69, 9.17) is 10.5 Å². The normalized spacial score (nSPS) is 19.8. The van der Waals surface area contributed by atoms with Gasteiger partial charge in [0.05, 0.1) is 28.1 Å². The predicted molar refractivity (Wildman–Crippen MR) is 80.7 cm³/mol. The van der Waals surface area contributed by atoms with Gasteiger partial charge in [0.1, 0.15) is 0 Å². The lowest BCUT2D eigenvalue weighted by Gasteiger charge is -2.23. The van der Waals surface area contributed by atoms with Gasteiger partial charge in [-0.3, -0.25) is 0 Å². The molecule has 0 bridgehead atoms. The average molecular weight is 298 g/mol. The molecule has 5 nitrogen and oxygen atoms in total. The van der Waals surface area contributed by atoms with E-state index < -0.39 is 9.84 Å². The number of nitrogen functional groups attached to an aromatic ring is 1. The lowest BCUT2D eigenvalue weighted by molar-refractivity contribution is 0.0248. The fourth-order valence-electron chi connectivity index (χ4n) is 2.25. The smallest absolute Gasteiger partial charge is 0.178 e. The van der Waals surface area contributed by atoms with Crippen LogP contribution in [0.5, 0.6) is 0 Å². The number of anilines is 2. The lowest BCUT2D eigenvalue weighted by Crippen LogP contribution is -2.27. The van der Waals surface area contributed by atoms with E-state index in [9.17, 15) is 8.42 Å². The van der Waals surface area contributed by atoms with E-state index in [1.807, 2.05) is 0 Å². The maximum absolute atomic E-state index is 11.8. The maximum Gasteiger partial charge on any atom is 0.178 e. The number of nitrogens with one attached hydrogen (secondary N) is 1. The number of rotatable bonds is 5. The van der Waals surface area contributed by atoms with Gasteiger partial charge in [0.2, 0.25) is 0 Å². The second-order valence-electron chi connectivity index (χ2n) is 5.02. The highest BCUT2D eigenvalue weighted by Crippen LogP contribution is 2.24. The fraction of sp³-hybridized carbons (Fsp3) is 0.571. The highest BCUT2D eigenvalue weighted by molar-refractivity contribution is 7.91. The summed E-state index contributed by atoms with van der Waals surface area (Å²) in [4.78, 5) is 0.275. The molecular formula is C14H22N2O3S. The first kappa shape index (κ1) is 15.1. The SMILES string of the molecule is CCS(=O)(=O)c1ccc(NCC2CCCCO2)c(N)c1. The molecule has 0 saturated carbocycles. The summed E-state index contributed by atoms with van der Waals surface area (Å²) < 4.78 is 29.2. The van der Waals surface area contributed by atoms with Gasteiger partial charge >= 0.3 is 0 Å². The first-order valence-electron chi connectivity index (χ1n) is 7.00. The molecule has 1 aliphatic heterocycles. The van der Waals surface area contributed by atoms with Crippen molar-refractivity contribution >= 4 is 21.2 Å². The Kier molecular flexibility index (Phi) is 4.88. The van der Waals surface area contributed by atoms with Gasteiger partial charge in [-0.2, -0.15) is 0 Å². The van der Waals surface area contributed by atoms with E-state index in [0.29, 0.717) is 12.2 Å². The van der Waals surface area contributed by atoms with E-state index in [-0.39, 0.29) is 16.8 Å². The quantitative estimate of drug-likeness (QED) is 0.813. The summed E-state index contributed by atoms with van der Waals surface area (Å²) in [5.74, 6) is 0.0785. The molecule has 1 unspecified atom stereocenters. The van der Waals surface area contributed by atoms with Crippen LogP contribution in [0.2, 0.25) is 0 Å². The molecule has 112 valence electrons. The molecule has 3 N–H and O–H groups in total. The molecule has 2 rings (SSSR count). The van der Waals surface area contributed by atoms with Gasteiger partial charge in [0.15, 0.2) is 9.84 Å². The van der Waals surface area contributed by atoms with Crippen molar-refractivity contribution in [1.29, 1.82) is 0 Å². The molecule has 6 heteroatoms. The largest absolute Gasteiger partial charge is 0.397 e. The molecule has 1 aliphatic rings. The molecule has 20 heavy (non-hydrogen) atoms. The Morgan fingerprint density at radius 1 is 1.40 bits per heavy atom. The monoisotopic (exact) mass is 298 g/mol. The average Bonchev–Trinajstić information content (AvgIpc) is 2.47.